The Kier molecular flexibility index (Phi) is 4.07. The molecule has 0 spiro atoms. The number of hydrogen-bond acceptors (Lipinski definition) is 4. The number of aromatic nitrogens is 2. The van der Waals surface area contributed by atoms with Crippen LogP contribution in [0.3, 0.4) is 0 Å². The molecule has 1 amide bonds. The van der Waals surface area contributed by atoms with E-state index in [0.717, 1.165) is 19.4 Å². The number of amides is 1. The maximum atomic E-state index is 12.4. The third kappa shape index (κ3) is 2.72. The van der Waals surface area contributed by atoms with Crippen molar-refractivity contribution in [1.29, 1.82) is 0 Å². The molecule has 1 atom stereocenters. The number of carbonyl (C=O) groups excluding carboxylic acids is 1. The van der Waals surface area contributed by atoms with Crippen LogP contribution in [0.25, 0.3) is 0 Å². The van der Waals surface area contributed by atoms with Crippen molar-refractivity contribution in [2.45, 2.75) is 58.5 Å². The third-order valence-electron chi connectivity index (χ3n) is 3.44. The van der Waals surface area contributed by atoms with Gasteiger partial charge in [-0.25, -0.2) is 4.79 Å². The quantitative estimate of drug-likeness (QED) is 0.826. The number of nitrogens with zero attached hydrogens (tertiary/aromatic N) is 3. The zero-order chi connectivity index (χ0) is 14.0. The van der Waals surface area contributed by atoms with Gasteiger partial charge in [0, 0.05) is 19.0 Å². The Morgan fingerprint density at radius 3 is 2.79 bits per heavy atom. The fraction of sp³-hybridized carbons (Fsp3) is 0.769. The molecule has 6 heteroatoms. The highest BCUT2D eigenvalue weighted by atomic mass is 16.4. The van der Waals surface area contributed by atoms with E-state index in [1.165, 1.54) is 4.68 Å². The van der Waals surface area contributed by atoms with Crippen molar-refractivity contribution >= 4 is 5.91 Å². The zero-order valence-corrected chi connectivity index (χ0v) is 11.8. The highest BCUT2D eigenvalue weighted by Crippen LogP contribution is 2.22. The monoisotopic (exact) mass is 267 g/mol. The van der Waals surface area contributed by atoms with E-state index >= 15 is 0 Å². The van der Waals surface area contributed by atoms with Crippen molar-refractivity contribution in [3.8, 4) is 0 Å². The van der Waals surface area contributed by atoms with Gasteiger partial charge in [0.25, 0.3) is 0 Å². The van der Waals surface area contributed by atoms with Crippen molar-refractivity contribution in [2.75, 3.05) is 6.54 Å². The molecule has 1 aliphatic heterocycles. The second kappa shape index (κ2) is 5.59. The number of rotatable bonds is 4. The van der Waals surface area contributed by atoms with Gasteiger partial charge < -0.3 is 9.32 Å². The van der Waals surface area contributed by atoms with E-state index in [4.69, 9.17) is 4.42 Å². The van der Waals surface area contributed by atoms with Gasteiger partial charge in [0.15, 0.2) is 0 Å². The number of piperidine rings is 1. The SMILES string of the molecule is CCCc1nn(C2CCCN(C(C)C)C2=O)c(=O)o1. The third-order valence-corrected chi connectivity index (χ3v) is 3.44. The topological polar surface area (TPSA) is 68.3 Å². The molecule has 0 saturated carbocycles. The molecule has 1 aliphatic rings. The van der Waals surface area contributed by atoms with Gasteiger partial charge in [-0.1, -0.05) is 6.92 Å². The summed E-state index contributed by atoms with van der Waals surface area (Å²) in [5.74, 6) is -0.130. The van der Waals surface area contributed by atoms with Crippen LogP contribution >= 0.6 is 0 Å². The molecule has 0 radical (unpaired) electrons. The van der Waals surface area contributed by atoms with Gasteiger partial charge in [0.05, 0.1) is 0 Å². The molecule has 1 fully saturated rings. The average Bonchev–Trinajstić information content (AvgIpc) is 2.70. The molecular weight excluding hydrogens is 246 g/mol. The first-order chi connectivity index (χ1) is 9.04. The molecule has 2 heterocycles. The highest BCUT2D eigenvalue weighted by molar-refractivity contribution is 5.81. The van der Waals surface area contributed by atoms with Crippen LogP contribution in [0.5, 0.6) is 0 Å². The summed E-state index contributed by atoms with van der Waals surface area (Å²) in [5, 5.41) is 4.16. The molecular formula is C13H21N3O3. The summed E-state index contributed by atoms with van der Waals surface area (Å²) in [5.41, 5.74) is 0. The molecule has 1 saturated heterocycles. The van der Waals surface area contributed by atoms with Crippen LogP contribution in [0.15, 0.2) is 9.21 Å². The Morgan fingerprint density at radius 1 is 1.42 bits per heavy atom. The summed E-state index contributed by atoms with van der Waals surface area (Å²) in [6, 6.07) is -0.356. The smallest absolute Gasteiger partial charge is 0.392 e. The van der Waals surface area contributed by atoms with Gasteiger partial charge in [-0.3, -0.25) is 4.79 Å². The summed E-state index contributed by atoms with van der Waals surface area (Å²) in [6.07, 6.45) is 3.02. The molecule has 1 unspecified atom stereocenters. The lowest BCUT2D eigenvalue weighted by molar-refractivity contribution is -0.139. The van der Waals surface area contributed by atoms with Gasteiger partial charge in [0.1, 0.15) is 6.04 Å². The summed E-state index contributed by atoms with van der Waals surface area (Å²) >= 11 is 0. The van der Waals surface area contributed by atoms with Gasteiger partial charge in [-0.15, -0.1) is 5.10 Å². The summed E-state index contributed by atoms with van der Waals surface area (Å²) < 4.78 is 6.30. The van der Waals surface area contributed by atoms with Gasteiger partial charge >= 0.3 is 5.76 Å². The Bertz CT molecular complexity index is 503. The van der Waals surface area contributed by atoms with E-state index < -0.39 is 11.8 Å². The standard InChI is InChI=1S/C13H21N3O3/c1-4-6-11-14-16(13(18)19-11)10-7-5-8-15(9(2)3)12(10)17/h9-10H,4-8H2,1-3H3. The van der Waals surface area contributed by atoms with Crippen molar-refractivity contribution in [3.63, 3.8) is 0 Å². The predicted octanol–water partition coefficient (Wildman–Crippen LogP) is 1.36. The Morgan fingerprint density at radius 2 is 2.16 bits per heavy atom. The van der Waals surface area contributed by atoms with E-state index in [1.54, 1.807) is 4.90 Å². The maximum absolute atomic E-state index is 12.4. The average molecular weight is 267 g/mol. The second-order valence-electron chi connectivity index (χ2n) is 5.24. The van der Waals surface area contributed by atoms with E-state index in [0.29, 0.717) is 18.7 Å². The summed E-state index contributed by atoms with van der Waals surface area (Å²) in [7, 11) is 0. The summed E-state index contributed by atoms with van der Waals surface area (Å²) in [4.78, 5) is 26.0. The number of likely N-dealkylation sites (tertiary alicyclic amines) is 1. The molecule has 19 heavy (non-hydrogen) atoms. The van der Waals surface area contributed by atoms with E-state index in [-0.39, 0.29) is 11.9 Å². The predicted molar refractivity (Wildman–Crippen MR) is 69.9 cm³/mol. The lowest BCUT2D eigenvalue weighted by Gasteiger charge is -2.34. The van der Waals surface area contributed by atoms with Crippen molar-refractivity contribution in [2.24, 2.45) is 0 Å². The van der Waals surface area contributed by atoms with Gasteiger partial charge in [-0.05, 0) is 33.1 Å². The van der Waals surface area contributed by atoms with Crippen molar-refractivity contribution in [1.82, 2.24) is 14.7 Å². The number of hydrogen-bond donors (Lipinski definition) is 0. The summed E-state index contributed by atoms with van der Waals surface area (Å²) in [6.45, 7) is 6.70. The Hall–Kier alpha value is -1.59. The molecule has 1 aromatic rings. The number of carbonyl (C=O) groups is 1. The van der Waals surface area contributed by atoms with Crippen LogP contribution < -0.4 is 5.76 Å². The normalized spacial score (nSPS) is 20.3. The van der Waals surface area contributed by atoms with Gasteiger partial charge in [-0.2, -0.15) is 4.68 Å². The van der Waals surface area contributed by atoms with Crippen LogP contribution in [0.4, 0.5) is 0 Å². The molecule has 2 rings (SSSR count). The van der Waals surface area contributed by atoms with Crippen LogP contribution in [0.1, 0.15) is 52.0 Å². The Balaban J connectivity index is 2.25. The van der Waals surface area contributed by atoms with Crippen LogP contribution in [0, 0.1) is 0 Å². The molecule has 6 nitrogen and oxygen atoms in total. The Labute approximate surface area is 112 Å². The van der Waals surface area contributed by atoms with E-state index in [9.17, 15) is 9.59 Å². The maximum Gasteiger partial charge on any atom is 0.437 e. The molecule has 0 aromatic carbocycles. The highest BCUT2D eigenvalue weighted by Gasteiger charge is 2.33. The van der Waals surface area contributed by atoms with E-state index in [2.05, 4.69) is 5.10 Å². The largest absolute Gasteiger partial charge is 0.437 e. The van der Waals surface area contributed by atoms with Gasteiger partial charge in [0.2, 0.25) is 11.8 Å². The lowest BCUT2D eigenvalue weighted by Crippen LogP contribution is -2.47. The van der Waals surface area contributed by atoms with Crippen LogP contribution in [-0.2, 0) is 11.2 Å². The minimum absolute atomic E-state index is 0.0281. The molecule has 1 aromatic heterocycles. The first kappa shape index (κ1) is 13.8. The minimum atomic E-state index is -0.521. The lowest BCUT2D eigenvalue weighted by atomic mass is 10.0. The molecule has 0 bridgehead atoms. The first-order valence-corrected chi connectivity index (χ1v) is 6.93. The minimum Gasteiger partial charge on any atom is -0.392 e. The van der Waals surface area contributed by atoms with Crippen molar-refractivity contribution < 1.29 is 9.21 Å². The van der Waals surface area contributed by atoms with Crippen LogP contribution in [0.2, 0.25) is 0 Å². The van der Waals surface area contributed by atoms with E-state index in [1.807, 2.05) is 20.8 Å². The van der Waals surface area contributed by atoms with Crippen molar-refractivity contribution in [3.05, 3.63) is 16.4 Å². The molecule has 0 N–H and O–H groups in total. The first-order valence-electron chi connectivity index (χ1n) is 6.93. The number of aryl methyl sites for hydroxylation is 1. The second-order valence-corrected chi connectivity index (χ2v) is 5.24. The molecule has 0 aliphatic carbocycles. The molecule has 106 valence electrons. The zero-order valence-electron chi connectivity index (χ0n) is 11.8. The fourth-order valence-electron chi connectivity index (χ4n) is 2.46. The van der Waals surface area contributed by atoms with Crippen LogP contribution in [-0.4, -0.2) is 33.2 Å². The fourth-order valence-corrected chi connectivity index (χ4v) is 2.46.